The molecule has 1 aliphatic rings. The van der Waals surface area contributed by atoms with Gasteiger partial charge in [0.1, 0.15) is 18.5 Å². The van der Waals surface area contributed by atoms with Crippen molar-refractivity contribution in [3.8, 4) is 5.88 Å². The lowest BCUT2D eigenvalue weighted by Crippen LogP contribution is -2.17. The number of rotatable bonds is 6. The molecule has 2 rings (SSSR count). The van der Waals surface area contributed by atoms with Crippen LogP contribution in [0.4, 0.5) is 5.82 Å². The first-order chi connectivity index (χ1) is 8.81. The summed E-state index contributed by atoms with van der Waals surface area (Å²) < 4.78 is 16.1. The van der Waals surface area contributed by atoms with Crippen LogP contribution in [0.2, 0.25) is 0 Å². The number of hydrogen-bond acceptors (Lipinski definition) is 6. The van der Waals surface area contributed by atoms with E-state index in [1.54, 1.807) is 13.2 Å². The summed E-state index contributed by atoms with van der Waals surface area (Å²) in [5.41, 5.74) is 0. The van der Waals surface area contributed by atoms with Crippen LogP contribution < -0.4 is 10.1 Å². The average molecular weight is 253 g/mol. The van der Waals surface area contributed by atoms with Crippen LogP contribution in [0.15, 0.2) is 6.07 Å². The molecular weight excluding hydrogens is 234 g/mol. The van der Waals surface area contributed by atoms with Crippen molar-refractivity contribution in [1.29, 1.82) is 0 Å². The Bertz CT molecular complexity index is 357. The number of methoxy groups -OCH3 is 1. The Balaban J connectivity index is 2.10. The topological polar surface area (TPSA) is 65.5 Å². The van der Waals surface area contributed by atoms with E-state index in [1.165, 1.54) is 0 Å². The smallest absolute Gasteiger partial charge is 0.219 e. The highest BCUT2D eigenvalue weighted by molar-refractivity contribution is 5.38. The van der Waals surface area contributed by atoms with Crippen LogP contribution in [0.1, 0.15) is 19.2 Å². The van der Waals surface area contributed by atoms with E-state index in [-0.39, 0.29) is 6.10 Å². The van der Waals surface area contributed by atoms with Crippen molar-refractivity contribution < 1.29 is 14.2 Å². The van der Waals surface area contributed by atoms with Crippen molar-refractivity contribution >= 4 is 5.82 Å². The van der Waals surface area contributed by atoms with Gasteiger partial charge in [0.25, 0.3) is 0 Å². The maximum atomic E-state index is 5.78. The Labute approximate surface area is 107 Å². The molecule has 1 aromatic heterocycles. The zero-order valence-electron chi connectivity index (χ0n) is 10.8. The summed E-state index contributed by atoms with van der Waals surface area (Å²) in [7, 11) is 1.62. The molecule has 0 bridgehead atoms. The van der Waals surface area contributed by atoms with E-state index in [0.29, 0.717) is 24.9 Å². The van der Waals surface area contributed by atoms with E-state index in [9.17, 15) is 0 Å². The predicted molar refractivity (Wildman–Crippen MR) is 66.8 cm³/mol. The van der Waals surface area contributed by atoms with Crippen LogP contribution in [0, 0.1) is 0 Å². The zero-order chi connectivity index (χ0) is 12.8. The molecule has 6 nitrogen and oxygen atoms in total. The van der Waals surface area contributed by atoms with Crippen LogP contribution in [0.25, 0.3) is 0 Å². The number of nitrogens with one attached hydrogen (secondary N) is 1. The Kier molecular flexibility index (Phi) is 4.72. The molecule has 0 saturated carbocycles. The van der Waals surface area contributed by atoms with E-state index in [2.05, 4.69) is 15.3 Å². The van der Waals surface area contributed by atoms with Gasteiger partial charge in [0, 0.05) is 26.1 Å². The Morgan fingerprint density at radius 2 is 2.39 bits per heavy atom. The van der Waals surface area contributed by atoms with Crippen molar-refractivity contribution in [1.82, 2.24) is 9.97 Å². The van der Waals surface area contributed by atoms with E-state index < -0.39 is 0 Å². The number of hydrogen-bond donors (Lipinski definition) is 1. The lowest BCUT2D eigenvalue weighted by Gasteiger charge is -2.13. The molecule has 1 fully saturated rings. The van der Waals surface area contributed by atoms with Gasteiger partial charge in [-0.05, 0) is 6.92 Å². The molecule has 0 aromatic carbocycles. The normalized spacial score (nSPS) is 18.9. The molecule has 1 aliphatic heterocycles. The van der Waals surface area contributed by atoms with Gasteiger partial charge < -0.3 is 19.5 Å². The fourth-order valence-electron chi connectivity index (χ4n) is 1.78. The highest BCUT2D eigenvalue weighted by Gasteiger charge is 2.18. The van der Waals surface area contributed by atoms with Gasteiger partial charge in [-0.25, -0.2) is 4.98 Å². The van der Waals surface area contributed by atoms with E-state index >= 15 is 0 Å². The molecule has 2 heterocycles. The first-order valence-electron chi connectivity index (χ1n) is 6.17. The summed E-state index contributed by atoms with van der Waals surface area (Å²) in [5.74, 6) is 1.95. The van der Waals surface area contributed by atoms with Crippen LogP contribution in [0.5, 0.6) is 5.88 Å². The lowest BCUT2D eigenvalue weighted by atomic mass is 10.3. The van der Waals surface area contributed by atoms with Crippen molar-refractivity contribution in [3.05, 3.63) is 11.9 Å². The SMILES string of the molecule is CCNc1cc(OC2CCOC2)nc(COC)n1. The Morgan fingerprint density at radius 3 is 3.06 bits per heavy atom. The molecule has 100 valence electrons. The van der Waals surface area contributed by atoms with Crippen LogP contribution in [0.3, 0.4) is 0 Å². The Morgan fingerprint density at radius 1 is 1.50 bits per heavy atom. The summed E-state index contributed by atoms with van der Waals surface area (Å²) in [6, 6.07) is 1.81. The Hall–Kier alpha value is -1.40. The standard InChI is InChI=1S/C12H19N3O3/c1-3-13-10-6-12(15-11(14-10)8-16-2)18-9-4-5-17-7-9/h6,9H,3-5,7-8H2,1-2H3,(H,13,14,15). The minimum Gasteiger partial charge on any atom is -0.472 e. The second-order valence-corrected chi connectivity index (χ2v) is 4.07. The molecule has 18 heavy (non-hydrogen) atoms. The second-order valence-electron chi connectivity index (χ2n) is 4.07. The third-order valence-electron chi connectivity index (χ3n) is 2.56. The highest BCUT2D eigenvalue weighted by Crippen LogP contribution is 2.18. The number of anilines is 1. The van der Waals surface area contributed by atoms with Crippen molar-refractivity contribution in [3.63, 3.8) is 0 Å². The molecule has 1 N–H and O–H groups in total. The van der Waals surface area contributed by atoms with Crippen LogP contribution >= 0.6 is 0 Å². The van der Waals surface area contributed by atoms with Gasteiger partial charge >= 0.3 is 0 Å². The van der Waals surface area contributed by atoms with Crippen molar-refractivity contribution in [2.45, 2.75) is 26.1 Å². The zero-order valence-corrected chi connectivity index (χ0v) is 10.8. The first-order valence-corrected chi connectivity index (χ1v) is 6.17. The summed E-state index contributed by atoms with van der Waals surface area (Å²) in [5, 5.41) is 3.15. The molecule has 0 aliphatic carbocycles. The molecular formula is C12H19N3O3. The van der Waals surface area contributed by atoms with E-state index in [0.717, 1.165) is 25.4 Å². The third kappa shape index (κ3) is 3.54. The predicted octanol–water partition coefficient (Wildman–Crippen LogP) is 1.22. The summed E-state index contributed by atoms with van der Waals surface area (Å²) >= 11 is 0. The molecule has 0 amide bonds. The minimum absolute atomic E-state index is 0.0878. The monoisotopic (exact) mass is 253 g/mol. The van der Waals surface area contributed by atoms with E-state index in [1.807, 2.05) is 6.92 Å². The van der Waals surface area contributed by atoms with Gasteiger partial charge in [-0.1, -0.05) is 0 Å². The molecule has 0 spiro atoms. The summed E-state index contributed by atoms with van der Waals surface area (Å²) in [6.07, 6.45) is 0.991. The lowest BCUT2D eigenvalue weighted by molar-refractivity contribution is 0.136. The first kappa shape index (κ1) is 13.0. The van der Waals surface area contributed by atoms with Crippen LogP contribution in [-0.4, -0.2) is 42.9 Å². The number of ether oxygens (including phenoxy) is 3. The number of aromatic nitrogens is 2. The summed E-state index contributed by atoms with van der Waals surface area (Å²) in [4.78, 5) is 8.64. The molecule has 1 aromatic rings. The fraction of sp³-hybridized carbons (Fsp3) is 0.667. The highest BCUT2D eigenvalue weighted by atomic mass is 16.5. The molecule has 1 atom stereocenters. The second kappa shape index (κ2) is 6.51. The number of nitrogens with zero attached hydrogens (tertiary/aromatic N) is 2. The average Bonchev–Trinajstić information content (AvgIpc) is 2.82. The third-order valence-corrected chi connectivity index (χ3v) is 2.56. The van der Waals surface area contributed by atoms with Crippen LogP contribution in [-0.2, 0) is 16.1 Å². The maximum Gasteiger partial charge on any atom is 0.219 e. The maximum absolute atomic E-state index is 5.78. The van der Waals surface area contributed by atoms with Gasteiger partial charge in [-0.15, -0.1) is 0 Å². The summed E-state index contributed by atoms with van der Waals surface area (Å²) in [6.45, 7) is 4.57. The van der Waals surface area contributed by atoms with Gasteiger partial charge in [0.05, 0.1) is 13.2 Å². The fourth-order valence-corrected chi connectivity index (χ4v) is 1.78. The largest absolute Gasteiger partial charge is 0.472 e. The molecule has 1 unspecified atom stereocenters. The van der Waals surface area contributed by atoms with Gasteiger partial charge in [-0.2, -0.15) is 4.98 Å². The minimum atomic E-state index is 0.0878. The molecule has 1 saturated heterocycles. The van der Waals surface area contributed by atoms with E-state index in [4.69, 9.17) is 14.2 Å². The quantitative estimate of drug-likeness (QED) is 0.822. The van der Waals surface area contributed by atoms with Gasteiger partial charge in [0.2, 0.25) is 5.88 Å². The molecule has 0 radical (unpaired) electrons. The van der Waals surface area contributed by atoms with Crippen molar-refractivity contribution in [2.75, 3.05) is 32.2 Å². The van der Waals surface area contributed by atoms with Gasteiger partial charge in [-0.3, -0.25) is 0 Å². The van der Waals surface area contributed by atoms with Crippen molar-refractivity contribution in [2.24, 2.45) is 0 Å². The molecule has 6 heteroatoms. The van der Waals surface area contributed by atoms with Gasteiger partial charge in [0.15, 0.2) is 5.82 Å².